The third kappa shape index (κ3) is 6.55. The second-order valence-electron chi connectivity index (χ2n) is 6.95. The summed E-state index contributed by atoms with van der Waals surface area (Å²) in [5.74, 6) is 0. The van der Waals surface area contributed by atoms with E-state index in [0.29, 0.717) is 11.5 Å². The van der Waals surface area contributed by atoms with E-state index in [4.69, 9.17) is 0 Å². The van der Waals surface area contributed by atoms with Gasteiger partial charge in [-0.25, -0.2) is 0 Å². The Morgan fingerprint density at radius 2 is 1.85 bits per heavy atom. The molecule has 1 fully saturated rings. The van der Waals surface area contributed by atoms with Gasteiger partial charge >= 0.3 is 0 Å². The largest absolute Gasteiger partial charge is 0.395 e. The molecule has 120 valence electrons. The van der Waals surface area contributed by atoms with Gasteiger partial charge in [0.2, 0.25) is 0 Å². The molecule has 0 aromatic carbocycles. The van der Waals surface area contributed by atoms with Gasteiger partial charge in [0.05, 0.1) is 6.61 Å². The number of nitrogens with zero attached hydrogens (tertiary/aromatic N) is 1. The van der Waals surface area contributed by atoms with Gasteiger partial charge in [-0.15, -0.1) is 0 Å². The van der Waals surface area contributed by atoms with Crippen LogP contribution in [0.25, 0.3) is 0 Å². The van der Waals surface area contributed by atoms with Crippen LogP contribution in [0.4, 0.5) is 0 Å². The first-order chi connectivity index (χ1) is 9.62. The van der Waals surface area contributed by atoms with E-state index in [0.717, 1.165) is 26.2 Å². The molecule has 0 bridgehead atoms. The van der Waals surface area contributed by atoms with Gasteiger partial charge in [0.25, 0.3) is 0 Å². The third-order valence-electron chi connectivity index (χ3n) is 4.60. The van der Waals surface area contributed by atoms with E-state index < -0.39 is 0 Å². The minimum Gasteiger partial charge on any atom is -0.395 e. The monoisotopic (exact) mass is 284 g/mol. The highest BCUT2D eigenvalue weighted by Gasteiger charge is 2.33. The number of aliphatic hydroxyl groups is 1. The highest BCUT2D eigenvalue weighted by molar-refractivity contribution is 4.88. The van der Waals surface area contributed by atoms with Crippen molar-refractivity contribution < 1.29 is 5.11 Å². The summed E-state index contributed by atoms with van der Waals surface area (Å²) in [4.78, 5) is 2.50. The van der Waals surface area contributed by atoms with Gasteiger partial charge in [0.15, 0.2) is 0 Å². The van der Waals surface area contributed by atoms with Crippen LogP contribution in [0.5, 0.6) is 0 Å². The van der Waals surface area contributed by atoms with E-state index >= 15 is 0 Å². The average molecular weight is 284 g/mol. The fraction of sp³-hybridized carbons (Fsp3) is 1.00. The zero-order valence-electron chi connectivity index (χ0n) is 14.0. The standard InChI is InChI=1S/C17H36N2O/c1-4-5-11-19(12-13-20)15-17(14-18-16(2)3)9-7-6-8-10-17/h16,18,20H,4-15H2,1-3H3. The van der Waals surface area contributed by atoms with Gasteiger partial charge in [-0.2, -0.15) is 0 Å². The van der Waals surface area contributed by atoms with E-state index in [2.05, 4.69) is 31.0 Å². The topological polar surface area (TPSA) is 35.5 Å². The molecule has 0 radical (unpaired) electrons. The molecule has 0 aliphatic heterocycles. The predicted octanol–water partition coefficient (Wildman–Crippen LogP) is 3.03. The zero-order chi connectivity index (χ0) is 14.8. The van der Waals surface area contributed by atoms with Crippen molar-refractivity contribution in [2.75, 3.05) is 32.8 Å². The van der Waals surface area contributed by atoms with E-state index in [1.165, 1.54) is 44.9 Å². The minimum absolute atomic E-state index is 0.289. The molecule has 1 aliphatic carbocycles. The molecule has 1 aliphatic rings. The molecule has 0 aromatic heterocycles. The minimum atomic E-state index is 0.289. The molecule has 0 amide bonds. The normalized spacial score (nSPS) is 18.9. The van der Waals surface area contributed by atoms with Crippen molar-refractivity contribution in [3.8, 4) is 0 Å². The van der Waals surface area contributed by atoms with Gasteiger partial charge in [0, 0.05) is 25.7 Å². The Hall–Kier alpha value is -0.120. The summed E-state index contributed by atoms with van der Waals surface area (Å²) in [5.41, 5.74) is 0.436. The molecular formula is C17H36N2O. The Labute approximate surface area is 126 Å². The van der Waals surface area contributed by atoms with Crippen molar-refractivity contribution in [2.45, 2.75) is 71.8 Å². The quantitative estimate of drug-likeness (QED) is 0.647. The Kier molecular flexibility index (Phi) is 8.74. The fourth-order valence-corrected chi connectivity index (χ4v) is 3.38. The van der Waals surface area contributed by atoms with Gasteiger partial charge in [-0.3, -0.25) is 0 Å². The second-order valence-corrected chi connectivity index (χ2v) is 6.95. The molecule has 3 nitrogen and oxygen atoms in total. The number of aliphatic hydroxyl groups excluding tert-OH is 1. The zero-order valence-corrected chi connectivity index (χ0v) is 14.0. The summed E-state index contributed by atoms with van der Waals surface area (Å²) in [6.45, 7) is 11.3. The molecule has 0 spiro atoms. The summed E-state index contributed by atoms with van der Waals surface area (Å²) in [6.07, 6.45) is 9.33. The lowest BCUT2D eigenvalue weighted by atomic mass is 9.73. The summed E-state index contributed by atoms with van der Waals surface area (Å²) < 4.78 is 0. The average Bonchev–Trinajstić information content (AvgIpc) is 2.44. The van der Waals surface area contributed by atoms with E-state index in [-0.39, 0.29) is 6.61 Å². The molecule has 1 rings (SSSR count). The van der Waals surface area contributed by atoms with Crippen LogP contribution in [-0.2, 0) is 0 Å². The number of unbranched alkanes of at least 4 members (excludes halogenated alkanes) is 1. The summed E-state index contributed by atoms with van der Waals surface area (Å²) in [7, 11) is 0. The van der Waals surface area contributed by atoms with Crippen molar-refractivity contribution in [1.82, 2.24) is 10.2 Å². The lowest BCUT2D eigenvalue weighted by molar-refractivity contribution is 0.0861. The van der Waals surface area contributed by atoms with Crippen LogP contribution in [0.15, 0.2) is 0 Å². The van der Waals surface area contributed by atoms with Crippen LogP contribution in [0.2, 0.25) is 0 Å². The first-order valence-corrected chi connectivity index (χ1v) is 8.68. The molecule has 2 N–H and O–H groups in total. The Morgan fingerprint density at radius 1 is 1.15 bits per heavy atom. The summed E-state index contributed by atoms with van der Waals surface area (Å²) in [5, 5.41) is 13.0. The van der Waals surface area contributed by atoms with Crippen LogP contribution in [0, 0.1) is 5.41 Å². The number of hydrogen-bond acceptors (Lipinski definition) is 3. The second kappa shape index (κ2) is 9.75. The van der Waals surface area contributed by atoms with Gasteiger partial charge in [0.1, 0.15) is 0 Å². The van der Waals surface area contributed by atoms with E-state index in [1.807, 2.05) is 0 Å². The maximum absolute atomic E-state index is 9.31. The molecule has 0 atom stereocenters. The third-order valence-corrected chi connectivity index (χ3v) is 4.60. The maximum atomic E-state index is 9.31. The van der Waals surface area contributed by atoms with E-state index in [9.17, 15) is 5.11 Å². The maximum Gasteiger partial charge on any atom is 0.0558 e. The fourth-order valence-electron chi connectivity index (χ4n) is 3.38. The Morgan fingerprint density at radius 3 is 2.40 bits per heavy atom. The number of nitrogens with one attached hydrogen (secondary N) is 1. The van der Waals surface area contributed by atoms with Crippen molar-refractivity contribution in [1.29, 1.82) is 0 Å². The van der Waals surface area contributed by atoms with Crippen LogP contribution in [0.1, 0.15) is 65.7 Å². The molecule has 0 heterocycles. The molecule has 0 unspecified atom stereocenters. The molecular weight excluding hydrogens is 248 g/mol. The van der Waals surface area contributed by atoms with Crippen molar-refractivity contribution >= 4 is 0 Å². The molecule has 0 saturated heterocycles. The van der Waals surface area contributed by atoms with Gasteiger partial charge < -0.3 is 15.3 Å². The molecule has 0 aromatic rings. The Balaban J connectivity index is 2.59. The SMILES string of the molecule is CCCCN(CCO)CC1(CNC(C)C)CCCCC1. The predicted molar refractivity (Wildman–Crippen MR) is 87.1 cm³/mol. The summed E-state index contributed by atoms with van der Waals surface area (Å²) in [6, 6.07) is 0.565. The van der Waals surface area contributed by atoms with Crippen LogP contribution >= 0.6 is 0 Å². The molecule has 20 heavy (non-hydrogen) atoms. The highest BCUT2D eigenvalue weighted by Crippen LogP contribution is 2.36. The highest BCUT2D eigenvalue weighted by atomic mass is 16.3. The first-order valence-electron chi connectivity index (χ1n) is 8.68. The molecule has 3 heteroatoms. The lowest BCUT2D eigenvalue weighted by Gasteiger charge is -2.42. The smallest absolute Gasteiger partial charge is 0.0558 e. The van der Waals surface area contributed by atoms with Crippen LogP contribution in [-0.4, -0.2) is 48.8 Å². The van der Waals surface area contributed by atoms with Gasteiger partial charge in [-0.1, -0.05) is 46.5 Å². The number of hydrogen-bond donors (Lipinski definition) is 2. The van der Waals surface area contributed by atoms with Crippen LogP contribution in [0.3, 0.4) is 0 Å². The van der Waals surface area contributed by atoms with Crippen LogP contribution < -0.4 is 5.32 Å². The molecule has 1 saturated carbocycles. The lowest BCUT2D eigenvalue weighted by Crippen LogP contribution is -2.47. The van der Waals surface area contributed by atoms with E-state index in [1.54, 1.807) is 0 Å². The van der Waals surface area contributed by atoms with Crippen molar-refractivity contribution in [3.05, 3.63) is 0 Å². The van der Waals surface area contributed by atoms with Crippen molar-refractivity contribution in [3.63, 3.8) is 0 Å². The van der Waals surface area contributed by atoms with Crippen molar-refractivity contribution in [2.24, 2.45) is 5.41 Å². The Bertz CT molecular complexity index is 237. The first kappa shape index (κ1) is 17.9. The number of rotatable bonds is 10. The summed E-state index contributed by atoms with van der Waals surface area (Å²) >= 11 is 0. The van der Waals surface area contributed by atoms with Gasteiger partial charge in [-0.05, 0) is 31.2 Å².